The predicted molar refractivity (Wildman–Crippen MR) is 73.5 cm³/mol. The second-order valence-corrected chi connectivity index (χ2v) is 5.76. The fraction of sp³-hybridized carbons (Fsp3) is 0.857. The summed E-state index contributed by atoms with van der Waals surface area (Å²) in [6, 6.07) is 0. The zero-order valence-electron chi connectivity index (χ0n) is 12.3. The van der Waals surface area contributed by atoms with E-state index >= 15 is 0 Å². The van der Waals surface area contributed by atoms with Crippen LogP contribution in [0.2, 0.25) is 0 Å². The molecule has 20 heavy (non-hydrogen) atoms. The summed E-state index contributed by atoms with van der Waals surface area (Å²) in [6.45, 7) is 5.49. The van der Waals surface area contributed by atoms with Crippen molar-refractivity contribution in [2.45, 2.75) is 57.6 Å². The van der Waals surface area contributed by atoms with Crippen molar-refractivity contribution in [2.24, 2.45) is 0 Å². The highest BCUT2D eigenvalue weighted by Gasteiger charge is 2.21. The van der Waals surface area contributed by atoms with Crippen LogP contribution in [0.15, 0.2) is 0 Å². The molecule has 0 saturated carbocycles. The Bertz CT molecular complexity index is 324. The van der Waals surface area contributed by atoms with Crippen molar-refractivity contribution < 1.29 is 24.2 Å². The minimum Gasteiger partial charge on any atom is -0.481 e. The molecule has 0 radical (unpaired) electrons. The molecule has 2 N–H and O–H groups in total. The molecule has 0 spiro atoms. The molecule has 1 fully saturated rings. The molecule has 0 bridgehead atoms. The molecule has 6 heteroatoms. The van der Waals surface area contributed by atoms with E-state index in [1.54, 1.807) is 0 Å². The van der Waals surface area contributed by atoms with Crippen LogP contribution in [0, 0.1) is 0 Å². The Kier molecular flexibility index (Phi) is 6.95. The molecular formula is C14H25NO5. The lowest BCUT2D eigenvalue weighted by atomic mass is 9.98. The number of hydrogen-bond donors (Lipinski definition) is 2. The molecule has 1 aliphatic rings. The number of carbonyl (C=O) groups is 2. The quantitative estimate of drug-likeness (QED) is 0.703. The van der Waals surface area contributed by atoms with E-state index in [-0.39, 0.29) is 18.4 Å². The molecule has 0 unspecified atom stereocenters. The summed E-state index contributed by atoms with van der Waals surface area (Å²) in [5, 5.41) is 11.5. The van der Waals surface area contributed by atoms with E-state index in [0.29, 0.717) is 19.4 Å². The Labute approximate surface area is 119 Å². The number of rotatable bonds is 8. The number of hydrogen-bond acceptors (Lipinski definition) is 4. The molecule has 1 saturated heterocycles. The van der Waals surface area contributed by atoms with E-state index in [2.05, 4.69) is 5.32 Å². The number of nitrogens with one attached hydrogen (secondary N) is 1. The summed E-state index contributed by atoms with van der Waals surface area (Å²) in [7, 11) is 0. The van der Waals surface area contributed by atoms with Gasteiger partial charge in [0.1, 0.15) is 0 Å². The largest absolute Gasteiger partial charge is 0.481 e. The average molecular weight is 287 g/mol. The van der Waals surface area contributed by atoms with Crippen molar-refractivity contribution in [3.05, 3.63) is 0 Å². The van der Waals surface area contributed by atoms with Crippen LogP contribution in [0.3, 0.4) is 0 Å². The topological polar surface area (TPSA) is 84.9 Å². The van der Waals surface area contributed by atoms with Gasteiger partial charge in [-0.3, -0.25) is 9.59 Å². The summed E-state index contributed by atoms with van der Waals surface area (Å²) in [4.78, 5) is 22.3. The first-order valence-corrected chi connectivity index (χ1v) is 7.11. The Morgan fingerprint density at radius 1 is 1.30 bits per heavy atom. The van der Waals surface area contributed by atoms with Gasteiger partial charge in [-0.1, -0.05) is 0 Å². The molecule has 1 rings (SSSR count). The lowest BCUT2D eigenvalue weighted by Crippen LogP contribution is -2.44. The van der Waals surface area contributed by atoms with Gasteiger partial charge in [-0.2, -0.15) is 0 Å². The van der Waals surface area contributed by atoms with Gasteiger partial charge in [-0.05, 0) is 33.1 Å². The molecule has 0 aliphatic carbocycles. The van der Waals surface area contributed by atoms with Gasteiger partial charge in [0.25, 0.3) is 0 Å². The molecule has 1 heterocycles. The Morgan fingerprint density at radius 2 is 1.95 bits per heavy atom. The smallest absolute Gasteiger partial charge is 0.303 e. The van der Waals surface area contributed by atoms with Gasteiger partial charge in [-0.25, -0.2) is 0 Å². The van der Waals surface area contributed by atoms with E-state index in [1.807, 2.05) is 13.8 Å². The van der Waals surface area contributed by atoms with Gasteiger partial charge in [0.2, 0.25) is 5.91 Å². The fourth-order valence-electron chi connectivity index (χ4n) is 2.08. The van der Waals surface area contributed by atoms with E-state index in [4.69, 9.17) is 14.6 Å². The van der Waals surface area contributed by atoms with Crippen LogP contribution in [0.25, 0.3) is 0 Å². The monoisotopic (exact) mass is 287 g/mol. The molecular weight excluding hydrogens is 262 g/mol. The number of ether oxygens (including phenoxy) is 2. The highest BCUT2D eigenvalue weighted by molar-refractivity contribution is 5.77. The zero-order valence-corrected chi connectivity index (χ0v) is 12.3. The third kappa shape index (κ3) is 7.45. The van der Waals surface area contributed by atoms with Crippen molar-refractivity contribution >= 4 is 11.9 Å². The maximum absolute atomic E-state index is 11.8. The number of carbonyl (C=O) groups excluding carboxylic acids is 1. The number of amides is 1. The predicted octanol–water partition coefficient (Wildman–Crippen LogP) is 1.33. The van der Waals surface area contributed by atoms with Crippen LogP contribution >= 0.6 is 0 Å². The van der Waals surface area contributed by atoms with Crippen molar-refractivity contribution in [3.63, 3.8) is 0 Å². The van der Waals surface area contributed by atoms with E-state index in [9.17, 15) is 9.59 Å². The molecule has 6 nitrogen and oxygen atoms in total. The summed E-state index contributed by atoms with van der Waals surface area (Å²) in [5.74, 6) is -0.956. The normalized spacial score (nSPS) is 16.9. The van der Waals surface area contributed by atoms with Crippen LogP contribution in [0.5, 0.6) is 0 Å². The highest BCUT2D eigenvalue weighted by Crippen LogP contribution is 2.13. The summed E-state index contributed by atoms with van der Waals surface area (Å²) in [6.07, 6.45) is 2.71. The summed E-state index contributed by atoms with van der Waals surface area (Å²) < 4.78 is 10.9. The van der Waals surface area contributed by atoms with Crippen molar-refractivity contribution in [1.82, 2.24) is 5.32 Å². The van der Waals surface area contributed by atoms with Crippen molar-refractivity contribution in [2.75, 3.05) is 19.8 Å². The van der Waals surface area contributed by atoms with Crippen molar-refractivity contribution in [3.8, 4) is 0 Å². The first kappa shape index (κ1) is 16.9. The number of aliphatic carboxylic acids is 1. The van der Waals surface area contributed by atoms with Crippen molar-refractivity contribution in [1.29, 1.82) is 0 Å². The minimum atomic E-state index is -0.852. The van der Waals surface area contributed by atoms with Gasteiger partial charge in [-0.15, -0.1) is 0 Å². The summed E-state index contributed by atoms with van der Waals surface area (Å²) >= 11 is 0. The maximum atomic E-state index is 11.8. The van der Waals surface area contributed by atoms with Gasteiger partial charge < -0.3 is 19.9 Å². The Morgan fingerprint density at radius 3 is 2.55 bits per heavy atom. The molecule has 0 atom stereocenters. The van der Waals surface area contributed by atoms with Crippen LogP contribution in [0.1, 0.15) is 46.0 Å². The third-order valence-electron chi connectivity index (χ3n) is 3.29. The van der Waals surface area contributed by atoms with Gasteiger partial charge in [0, 0.05) is 31.6 Å². The van der Waals surface area contributed by atoms with Crippen LogP contribution < -0.4 is 5.32 Å². The zero-order chi connectivity index (χ0) is 15.0. The fourth-order valence-corrected chi connectivity index (χ4v) is 2.08. The Hall–Kier alpha value is -1.14. The molecule has 0 aromatic carbocycles. The SMILES string of the molecule is CC(C)(CCC(=O)O)NC(=O)CCOC1CCOCC1. The van der Waals surface area contributed by atoms with E-state index < -0.39 is 11.5 Å². The lowest BCUT2D eigenvalue weighted by Gasteiger charge is -2.26. The molecule has 1 aliphatic heterocycles. The molecule has 1 amide bonds. The minimum absolute atomic E-state index is 0.0475. The standard InChI is InChI=1S/C14H25NO5/c1-14(2,7-3-13(17)18)15-12(16)6-10-20-11-4-8-19-9-5-11/h11H,3-10H2,1-2H3,(H,15,16)(H,17,18). The number of carboxylic acid groups (broad SMARTS) is 1. The maximum Gasteiger partial charge on any atom is 0.303 e. The van der Waals surface area contributed by atoms with Gasteiger partial charge >= 0.3 is 5.97 Å². The number of carboxylic acids is 1. The average Bonchev–Trinajstić information content (AvgIpc) is 2.37. The second-order valence-electron chi connectivity index (χ2n) is 5.76. The van der Waals surface area contributed by atoms with Gasteiger partial charge in [0.15, 0.2) is 0 Å². The van der Waals surface area contributed by atoms with Crippen LogP contribution in [0.4, 0.5) is 0 Å². The van der Waals surface area contributed by atoms with Crippen LogP contribution in [-0.4, -0.2) is 48.4 Å². The first-order valence-electron chi connectivity index (χ1n) is 7.11. The summed E-state index contributed by atoms with van der Waals surface area (Å²) in [5.41, 5.74) is -0.506. The van der Waals surface area contributed by atoms with Gasteiger partial charge in [0.05, 0.1) is 12.7 Å². The molecule has 0 aromatic heterocycles. The van der Waals surface area contributed by atoms with E-state index in [1.165, 1.54) is 0 Å². The van der Waals surface area contributed by atoms with Crippen LogP contribution in [-0.2, 0) is 19.1 Å². The second kappa shape index (κ2) is 8.21. The lowest BCUT2D eigenvalue weighted by molar-refractivity contribution is -0.138. The third-order valence-corrected chi connectivity index (χ3v) is 3.29. The Balaban J connectivity index is 2.16. The molecule has 116 valence electrons. The van der Waals surface area contributed by atoms with E-state index in [0.717, 1.165) is 26.1 Å². The first-order chi connectivity index (χ1) is 9.39. The highest BCUT2D eigenvalue weighted by atomic mass is 16.5. The molecule has 0 aromatic rings.